The van der Waals surface area contributed by atoms with Crippen molar-refractivity contribution in [1.29, 1.82) is 0 Å². The third-order valence-electron chi connectivity index (χ3n) is 3.15. The third kappa shape index (κ3) is 3.90. The smallest absolute Gasteiger partial charge is 0.317 e. The standard InChI is InChI=1S/C11H19N3O4/c1-7(10(16)17)2-4-13-11(18)14-5-3-8(6-14)9(12)15/h7-8H,2-6H2,1H3,(H2,12,15)(H,13,18)(H,16,17). The predicted octanol–water partition coefficient (Wildman–Crippen LogP) is -0.386. The van der Waals surface area contributed by atoms with Crippen LogP contribution in [-0.2, 0) is 9.59 Å². The minimum atomic E-state index is -0.876. The highest BCUT2D eigenvalue weighted by Crippen LogP contribution is 2.15. The third-order valence-corrected chi connectivity index (χ3v) is 3.15. The number of hydrogen-bond donors (Lipinski definition) is 3. The van der Waals surface area contributed by atoms with Crippen molar-refractivity contribution in [3.05, 3.63) is 0 Å². The predicted molar refractivity (Wildman–Crippen MR) is 63.7 cm³/mol. The molecule has 0 aliphatic carbocycles. The van der Waals surface area contributed by atoms with Crippen LogP contribution < -0.4 is 11.1 Å². The fourth-order valence-corrected chi connectivity index (χ4v) is 1.81. The molecule has 1 fully saturated rings. The van der Waals surface area contributed by atoms with Crippen LogP contribution in [0.15, 0.2) is 0 Å². The van der Waals surface area contributed by atoms with Crippen molar-refractivity contribution in [3.8, 4) is 0 Å². The molecule has 0 aromatic rings. The number of nitrogens with zero attached hydrogens (tertiary/aromatic N) is 1. The molecular formula is C11H19N3O4. The van der Waals surface area contributed by atoms with E-state index >= 15 is 0 Å². The van der Waals surface area contributed by atoms with Crippen molar-refractivity contribution in [1.82, 2.24) is 10.2 Å². The molecular weight excluding hydrogens is 238 g/mol. The average molecular weight is 257 g/mol. The van der Waals surface area contributed by atoms with Crippen LogP contribution in [-0.4, -0.2) is 47.5 Å². The lowest BCUT2D eigenvalue weighted by Gasteiger charge is -2.17. The molecule has 0 spiro atoms. The molecule has 18 heavy (non-hydrogen) atoms. The van der Waals surface area contributed by atoms with Gasteiger partial charge in [-0.1, -0.05) is 6.92 Å². The molecule has 7 heteroatoms. The number of urea groups is 1. The summed E-state index contributed by atoms with van der Waals surface area (Å²) in [4.78, 5) is 34.7. The van der Waals surface area contributed by atoms with E-state index in [0.717, 1.165) is 0 Å². The van der Waals surface area contributed by atoms with Crippen LogP contribution in [0.5, 0.6) is 0 Å². The van der Waals surface area contributed by atoms with Crippen LogP contribution in [0.4, 0.5) is 4.79 Å². The van der Waals surface area contributed by atoms with Crippen LogP contribution in [0.3, 0.4) is 0 Å². The van der Waals surface area contributed by atoms with Crippen LogP contribution in [0.25, 0.3) is 0 Å². The zero-order chi connectivity index (χ0) is 13.7. The SMILES string of the molecule is CC(CCNC(=O)N1CCC(C(N)=O)C1)C(=O)O. The number of likely N-dealkylation sites (tertiary alicyclic amines) is 1. The van der Waals surface area contributed by atoms with E-state index in [1.165, 1.54) is 4.90 Å². The van der Waals surface area contributed by atoms with E-state index in [1.807, 2.05) is 0 Å². The highest BCUT2D eigenvalue weighted by Gasteiger charge is 2.29. The van der Waals surface area contributed by atoms with Crippen molar-refractivity contribution in [3.63, 3.8) is 0 Å². The van der Waals surface area contributed by atoms with E-state index in [9.17, 15) is 14.4 Å². The van der Waals surface area contributed by atoms with Crippen LogP contribution in [0, 0.1) is 11.8 Å². The van der Waals surface area contributed by atoms with Gasteiger partial charge >= 0.3 is 12.0 Å². The first-order chi connectivity index (χ1) is 8.41. The Hall–Kier alpha value is -1.79. The summed E-state index contributed by atoms with van der Waals surface area (Å²) in [5, 5.41) is 11.3. The number of rotatable bonds is 5. The Morgan fingerprint density at radius 3 is 2.67 bits per heavy atom. The fourth-order valence-electron chi connectivity index (χ4n) is 1.81. The van der Waals surface area contributed by atoms with Gasteiger partial charge in [0.2, 0.25) is 5.91 Å². The lowest BCUT2D eigenvalue weighted by molar-refractivity contribution is -0.141. The highest BCUT2D eigenvalue weighted by atomic mass is 16.4. The van der Waals surface area contributed by atoms with E-state index in [-0.39, 0.29) is 17.9 Å². The second-order valence-electron chi connectivity index (χ2n) is 4.59. The maximum atomic E-state index is 11.7. The highest BCUT2D eigenvalue weighted by molar-refractivity contribution is 5.80. The number of carboxylic acid groups (broad SMARTS) is 1. The lowest BCUT2D eigenvalue weighted by atomic mass is 10.1. The zero-order valence-electron chi connectivity index (χ0n) is 10.4. The van der Waals surface area contributed by atoms with Crippen molar-refractivity contribution in [2.75, 3.05) is 19.6 Å². The Bertz CT molecular complexity index is 345. The van der Waals surface area contributed by atoms with Crippen LogP contribution in [0.1, 0.15) is 19.8 Å². The molecule has 0 radical (unpaired) electrons. The zero-order valence-corrected chi connectivity index (χ0v) is 10.4. The van der Waals surface area contributed by atoms with Gasteiger partial charge in [0.05, 0.1) is 11.8 Å². The maximum Gasteiger partial charge on any atom is 0.317 e. The van der Waals surface area contributed by atoms with E-state index < -0.39 is 11.9 Å². The van der Waals surface area contributed by atoms with Gasteiger partial charge in [-0.3, -0.25) is 9.59 Å². The molecule has 1 aliphatic rings. The molecule has 102 valence electrons. The molecule has 2 atom stereocenters. The summed E-state index contributed by atoms with van der Waals surface area (Å²) in [7, 11) is 0. The summed E-state index contributed by atoms with van der Waals surface area (Å²) in [5.41, 5.74) is 5.17. The Balaban J connectivity index is 2.26. The van der Waals surface area contributed by atoms with Crippen molar-refractivity contribution in [2.24, 2.45) is 17.6 Å². The number of carbonyl (C=O) groups is 3. The van der Waals surface area contributed by atoms with Crippen molar-refractivity contribution < 1.29 is 19.5 Å². The first-order valence-electron chi connectivity index (χ1n) is 5.96. The number of nitrogens with two attached hydrogens (primary N) is 1. The molecule has 0 aromatic carbocycles. The number of primary amides is 1. The van der Waals surface area contributed by atoms with E-state index in [4.69, 9.17) is 10.8 Å². The summed E-state index contributed by atoms with van der Waals surface area (Å²) >= 11 is 0. The molecule has 0 bridgehead atoms. The Labute approximate surface area is 105 Å². The number of carboxylic acids is 1. The van der Waals surface area contributed by atoms with Gasteiger partial charge in [-0.25, -0.2) is 4.79 Å². The Kier molecular flexibility index (Phi) is 4.94. The minimum Gasteiger partial charge on any atom is -0.481 e. The molecule has 0 aromatic heterocycles. The summed E-state index contributed by atoms with van der Waals surface area (Å²) in [5.74, 6) is -2.01. The normalized spacial score (nSPS) is 20.5. The maximum absolute atomic E-state index is 11.7. The fraction of sp³-hybridized carbons (Fsp3) is 0.727. The number of nitrogens with one attached hydrogen (secondary N) is 1. The number of carbonyl (C=O) groups excluding carboxylic acids is 2. The summed E-state index contributed by atoms with van der Waals surface area (Å²) < 4.78 is 0. The molecule has 0 saturated carbocycles. The van der Waals surface area contributed by atoms with E-state index in [2.05, 4.69) is 5.32 Å². The molecule has 1 rings (SSSR count). The summed E-state index contributed by atoms with van der Waals surface area (Å²) in [6.45, 7) is 2.75. The van der Waals surface area contributed by atoms with Gasteiger partial charge in [0, 0.05) is 19.6 Å². The number of aliphatic carboxylic acids is 1. The summed E-state index contributed by atoms with van der Waals surface area (Å²) in [6.07, 6.45) is 0.975. The summed E-state index contributed by atoms with van der Waals surface area (Å²) in [6, 6.07) is -0.267. The first kappa shape index (κ1) is 14.3. The number of amides is 3. The van der Waals surface area contributed by atoms with E-state index in [1.54, 1.807) is 6.92 Å². The van der Waals surface area contributed by atoms with Gasteiger partial charge in [0.15, 0.2) is 0 Å². The first-order valence-corrected chi connectivity index (χ1v) is 5.96. The van der Waals surface area contributed by atoms with Crippen molar-refractivity contribution >= 4 is 17.9 Å². The van der Waals surface area contributed by atoms with Crippen molar-refractivity contribution in [2.45, 2.75) is 19.8 Å². The van der Waals surface area contributed by atoms with Crippen LogP contribution in [0.2, 0.25) is 0 Å². The van der Waals surface area contributed by atoms with Gasteiger partial charge in [-0.15, -0.1) is 0 Å². The monoisotopic (exact) mass is 257 g/mol. The van der Waals surface area contributed by atoms with Gasteiger partial charge in [0.25, 0.3) is 0 Å². The molecule has 1 aliphatic heterocycles. The topological polar surface area (TPSA) is 113 Å². The quantitative estimate of drug-likeness (QED) is 0.622. The minimum absolute atomic E-state index is 0.267. The second kappa shape index (κ2) is 6.23. The molecule has 1 saturated heterocycles. The Morgan fingerprint density at radius 1 is 1.50 bits per heavy atom. The lowest BCUT2D eigenvalue weighted by Crippen LogP contribution is -2.40. The largest absolute Gasteiger partial charge is 0.481 e. The number of hydrogen-bond acceptors (Lipinski definition) is 3. The van der Waals surface area contributed by atoms with Gasteiger partial charge in [-0.2, -0.15) is 0 Å². The molecule has 4 N–H and O–H groups in total. The molecule has 7 nitrogen and oxygen atoms in total. The molecule has 1 heterocycles. The Morgan fingerprint density at radius 2 is 2.17 bits per heavy atom. The molecule has 3 amide bonds. The van der Waals surface area contributed by atoms with E-state index in [0.29, 0.717) is 32.5 Å². The molecule has 2 unspecified atom stereocenters. The van der Waals surface area contributed by atoms with Gasteiger partial charge in [-0.05, 0) is 12.8 Å². The van der Waals surface area contributed by atoms with Gasteiger partial charge < -0.3 is 21.1 Å². The van der Waals surface area contributed by atoms with Crippen LogP contribution >= 0.6 is 0 Å². The second-order valence-corrected chi connectivity index (χ2v) is 4.59. The average Bonchev–Trinajstić information content (AvgIpc) is 2.77. The van der Waals surface area contributed by atoms with Gasteiger partial charge in [0.1, 0.15) is 0 Å².